The van der Waals surface area contributed by atoms with Crippen molar-refractivity contribution in [3.05, 3.63) is 35.4 Å². The molecule has 0 amide bonds. The summed E-state index contributed by atoms with van der Waals surface area (Å²) < 4.78 is 25.9. The Labute approximate surface area is 91.5 Å². The van der Waals surface area contributed by atoms with Crippen LogP contribution in [0.3, 0.4) is 0 Å². The molecule has 0 N–H and O–H groups in total. The Bertz CT molecular complexity index is 282. The fraction of sp³-hybridized carbons (Fsp3) is 0.400. The van der Waals surface area contributed by atoms with E-state index in [-0.39, 0.29) is 4.58 Å². The van der Waals surface area contributed by atoms with Gasteiger partial charge in [-0.05, 0) is 29.7 Å². The third kappa shape index (κ3) is 3.17. The molecule has 0 spiro atoms. The van der Waals surface area contributed by atoms with Crippen LogP contribution in [0.2, 0.25) is 0 Å². The minimum Gasteiger partial charge on any atom is -0.207 e. The van der Waals surface area contributed by atoms with Gasteiger partial charge in [-0.15, -0.1) is 23.5 Å². The highest BCUT2D eigenvalue weighted by molar-refractivity contribution is 8.16. The highest BCUT2D eigenvalue weighted by Gasteiger charge is 2.11. The van der Waals surface area contributed by atoms with Crippen molar-refractivity contribution >= 4 is 23.5 Å². The van der Waals surface area contributed by atoms with Gasteiger partial charge in [-0.1, -0.05) is 6.92 Å². The maximum atomic E-state index is 12.9. The van der Waals surface area contributed by atoms with Gasteiger partial charge in [-0.3, -0.25) is 0 Å². The Morgan fingerprint density at radius 3 is 2.21 bits per heavy atom. The van der Waals surface area contributed by atoms with Crippen molar-refractivity contribution in [1.29, 1.82) is 0 Å². The quantitative estimate of drug-likeness (QED) is 0.720. The molecule has 1 atom stereocenters. The van der Waals surface area contributed by atoms with Crippen LogP contribution in [-0.4, -0.2) is 12.0 Å². The predicted octanol–water partition coefficient (Wildman–Crippen LogP) is 4.08. The predicted molar refractivity (Wildman–Crippen MR) is 60.7 cm³/mol. The van der Waals surface area contributed by atoms with Gasteiger partial charge in [-0.2, -0.15) is 0 Å². The molecule has 0 nitrogen and oxygen atoms in total. The molecule has 0 bridgehead atoms. The highest BCUT2D eigenvalue weighted by atomic mass is 32.2. The third-order valence-corrected chi connectivity index (χ3v) is 4.28. The number of rotatable bonds is 4. The van der Waals surface area contributed by atoms with E-state index in [2.05, 4.69) is 0 Å². The van der Waals surface area contributed by atoms with Crippen LogP contribution in [0.5, 0.6) is 0 Å². The van der Waals surface area contributed by atoms with Gasteiger partial charge in [0.1, 0.15) is 11.6 Å². The second kappa shape index (κ2) is 5.61. The lowest BCUT2D eigenvalue weighted by Crippen LogP contribution is -1.92. The summed E-state index contributed by atoms with van der Waals surface area (Å²) in [7, 11) is 0. The Morgan fingerprint density at radius 1 is 1.21 bits per heavy atom. The normalized spacial score (nSPS) is 12.9. The monoisotopic (exact) mass is 234 g/mol. The summed E-state index contributed by atoms with van der Waals surface area (Å²) in [6.45, 7) is 2.03. The van der Waals surface area contributed by atoms with Crippen molar-refractivity contribution in [1.82, 2.24) is 0 Å². The average molecular weight is 234 g/mol. The van der Waals surface area contributed by atoms with E-state index in [0.717, 1.165) is 11.8 Å². The SMILES string of the molecule is CCSC(SC)c1cc(F)cc(F)c1. The summed E-state index contributed by atoms with van der Waals surface area (Å²) in [5, 5.41) is 0. The van der Waals surface area contributed by atoms with Gasteiger partial charge in [-0.25, -0.2) is 8.78 Å². The lowest BCUT2D eigenvalue weighted by atomic mass is 10.2. The first-order valence-corrected chi connectivity index (χ1v) is 6.61. The fourth-order valence-electron chi connectivity index (χ4n) is 1.16. The summed E-state index contributed by atoms with van der Waals surface area (Å²) >= 11 is 3.27. The van der Waals surface area contributed by atoms with Gasteiger partial charge < -0.3 is 0 Å². The molecular formula is C10H12F2S2. The van der Waals surface area contributed by atoms with Crippen molar-refractivity contribution in [2.24, 2.45) is 0 Å². The Balaban J connectivity index is 2.91. The zero-order valence-electron chi connectivity index (χ0n) is 8.09. The van der Waals surface area contributed by atoms with E-state index in [1.54, 1.807) is 23.5 Å². The molecule has 78 valence electrons. The zero-order valence-corrected chi connectivity index (χ0v) is 9.72. The Kier molecular flexibility index (Phi) is 4.75. The molecule has 1 unspecified atom stereocenters. The molecule has 0 heterocycles. The molecule has 0 aliphatic carbocycles. The van der Waals surface area contributed by atoms with E-state index in [1.165, 1.54) is 12.1 Å². The number of thioether (sulfide) groups is 2. The van der Waals surface area contributed by atoms with Gasteiger partial charge in [0.05, 0.1) is 4.58 Å². The van der Waals surface area contributed by atoms with Crippen molar-refractivity contribution < 1.29 is 8.78 Å². The van der Waals surface area contributed by atoms with E-state index in [1.807, 2.05) is 13.2 Å². The van der Waals surface area contributed by atoms with Crippen LogP contribution in [0.1, 0.15) is 17.1 Å². The second-order valence-electron chi connectivity index (χ2n) is 2.73. The zero-order chi connectivity index (χ0) is 10.6. The van der Waals surface area contributed by atoms with Crippen molar-refractivity contribution in [2.45, 2.75) is 11.5 Å². The van der Waals surface area contributed by atoms with Gasteiger partial charge in [0, 0.05) is 6.07 Å². The highest BCUT2D eigenvalue weighted by Crippen LogP contribution is 2.37. The molecular weight excluding hydrogens is 222 g/mol. The molecule has 1 aromatic rings. The topological polar surface area (TPSA) is 0 Å². The molecule has 0 fully saturated rings. The minimum absolute atomic E-state index is 0.116. The van der Waals surface area contributed by atoms with Crippen LogP contribution in [0.15, 0.2) is 18.2 Å². The minimum atomic E-state index is -0.504. The first kappa shape index (κ1) is 11.9. The van der Waals surface area contributed by atoms with Crippen LogP contribution >= 0.6 is 23.5 Å². The Hall–Kier alpha value is -0.220. The van der Waals surface area contributed by atoms with E-state index in [0.29, 0.717) is 5.56 Å². The largest absolute Gasteiger partial charge is 0.207 e. The summed E-state index contributed by atoms with van der Waals surface area (Å²) in [5.74, 6) is -0.0737. The smallest absolute Gasteiger partial charge is 0.126 e. The van der Waals surface area contributed by atoms with Crippen LogP contribution in [0.4, 0.5) is 8.78 Å². The van der Waals surface area contributed by atoms with Gasteiger partial charge >= 0.3 is 0 Å². The fourth-order valence-corrected chi connectivity index (χ4v) is 3.16. The molecule has 0 saturated heterocycles. The van der Waals surface area contributed by atoms with Crippen LogP contribution in [0.25, 0.3) is 0 Å². The van der Waals surface area contributed by atoms with E-state index >= 15 is 0 Å². The molecule has 0 radical (unpaired) electrons. The molecule has 14 heavy (non-hydrogen) atoms. The standard InChI is InChI=1S/C10H12F2S2/c1-3-14-10(13-2)7-4-8(11)6-9(12)5-7/h4-6,10H,3H2,1-2H3. The number of hydrogen-bond acceptors (Lipinski definition) is 2. The lowest BCUT2D eigenvalue weighted by Gasteiger charge is -2.13. The third-order valence-electron chi connectivity index (χ3n) is 1.69. The van der Waals surface area contributed by atoms with Crippen LogP contribution in [-0.2, 0) is 0 Å². The van der Waals surface area contributed by atoms with Gasteiger partial charge in [0.2, 0.25) is 0 Å². The van der Waals surface area contributed by atoms with E-state index in [9.17, 15) is 8.78 Å². The lowest BCUT2D eigenvalue weighted by molar-refractivity contribution is 0.581. The summed E-state index contributed by atoms with van der Waals surface area (Å²) in [4.78, 5) is 0. The van der Waals surface area contributed by atoms with Crippen LogP contribution in [0, 0.1) is 11.6 Å². The summed E-state index contributed by atoms with van der Waals surface area (Å²) in [6.07, 6.45) is 1.94. The summed E-state index contributed by atoms with van der Waals surface area (Å²) in [6, 6.07) is 3.69. The maximum absolute atomic E-state index is 12.9. The van der Waals surface area contributed by atoms with Gasteiger partial charge in [0.15, 0.2) is 0 Å². The van der Waals surface area contributed by atoms with Crippen molar-refractivity contribution in [3.8, 4) is 0 Å². The van der Waals surface area contributed by atoms with Gasteiger partial charge in [0.25, 0.3) is 0 Å². The molecule has 0 aliphatic rings. The van der Waals surface area contributed by atoms with E-state index in [4.69, 9.17) is 0 Å². The summed E-state index contributed by atoms with van der Waals surface area (Å²) in [5.41, 5.74) is 0.710. The molecule has 4 heteroatoms. The van der Waals surface area contributed by atoms with Crippen molar-refractivity contribution in [3.63, 3.8) is 0 Å². The Morgan fingerprint density at radius 2 is 1.79 bits per heavy atom. The first-order valence-electron chi connectivity index (χ1n) is 4.27. The van der Waals surface area contributed by atoms with Crippen LogP contribution < -0.4 is 0 Å². The number of halogens is 2. The number of benzene rings is 1. The second-order valence-corrected chi connectivity index (χ2v) is 5.35. The maximum Gasteiger partial charge on any atom is 0.126 e. The molecule has 1 rings (SSSR count). The van der Waals surface area contributed by atoms with Crippen molar-refractivity contribution in [2.75, 3.05) is 12.0 Å². The molecule has 0 aliphatic heterocycles. The molecule has 1 aromatic carbocycles. The number of hydrogen-bond donors (Lipinski definition) is 0. The molecule has 0 aromatic heterocycles. The average Bonchev–Trinajstić information content (AvgIpc) is 2.12. The van der Waals surface area contributed by atoms with E-state index < -0.39 is 11.6 Å². The first-order chi connectivity index (χ1) is 6.67. The molecule has 0 saturated carbocycles.